The number of nitrogens with zero attached hydrogens (tertiary/aromatic N) is 1. The SMILES string of the molecule is Cc1cc(C(=O)NNC(=O)CC(NC(=O)OC(C)(C)C)c2ccc(F)cc2)n[nH]1. The van der Waals surface area contributed by atoms with Crippen LogP contribution in [-0.4, -0.2) is 33.7 Å². The minimum absolute atomic E-state index is 0.116. The fourth-order valence-electron chi connectivity index (χ4n) is 2.36. The number of aryl methyl sites for hydroxylation is 1. The highest BCUT2D eigenvalue weighted by atomic mass is 19.1. The molecule has 2 aromatic rings. The van der Waals surface area contributed by atoms with Crippen LogP contribution in [0.4, 0.5) is 9.18 Å². The van der Waals surface area contributed by atoms with Gasteiger partial charge in [0.25, 0.3) is 5.91 Å². The number of ether oxygens (including phenoxy) is 1. The Morgan fingerprint density at radius 3 is 2.38 bits per heavy atom. The molecule has 0 bridgehead atoms. The molecule has 10 heteroatoms. The number of H-pyrrole nitrogens is 1. The Morgan fingerprint density at radius 1 is 1.17 bits per heavy atom. The molecule has 3 amide bonds. The van der Waals surface area contributed by atoms with Crippen molar-refractivity contribution in [1.82, 2.24) is 26.4 Å². The zero-order chi connectivity index (χ0) is 21.6. The molecule has 0 aliphatic rings. The van der Waals surface area contributed by atoms with Crippen LogP contribution in [-0.2, 0) is 9.53 Å². The Labute approximate surface area is 167 Å². The molecule has 0 aliphatic carbocycles. The van der Waals surface area contributed by atoms with Gasteiger partial charge in [-0.05, 0) is 51.5 Å². The van der Waals surface area contributed by atoms with E-state index in [1.807, 2.05) is 0 Å². The number of rotatable bonds is 5. The van der Waals surface area contributed by atoms with Gasteiger partial charge in [-0.3, -0.25) is 25.5 Å². The third kappa shape index (κ3) is 7.24. The van der Waals surface area contributed by atoms with Gasteiger partial charge < -0.3 is 10.1 Å². The van der Waals surface area contributed by atoms with Crippen LogP contribution in [0.25, 0.3) is 0 Å². The number of aromatic amines is 1. The lowest BCUT2D eigenvalue weighted by Crippen LogP contribution is -2.44. The van der Waals surface area contributed by atoms with Crippen LogP contribution < -0.4 is 16.2 Å². The van der Waals surface area contributed by atoms with Crippen LogP contribution in [0.5, 0.6) is 0 Å². The quantitative estimate of drug-likeness (QED) is 0.568. The molecule has 0 aliphatic heterocycles. The normalized spacial score (nSPS) is 12.0. The molecule has 0 saturated heterocycles. The number of amides is 3. The Balaban J connectivity index is 2.01. The maximum atomic E-state index is 13.2. The number of benzene rings is 1. The van der Waals surface area contributed by atoms with Crippen LogP contribution in [0.3, 0.4) is 0 Å². The van der Waals surface area contributed by atoms with Crippen LogP contribution in [0.15, 0.2) is 30.3 Å². The number of aromatic nitrogens is 2. The predicted octanol–water partition coefficient (Wildman–Crippen LogP) is 2.27. The third-order valence-corrected chi connectivity index (χ3v) is 3.61. The summed E-state index contributed by atoms with van der Waals surface area (Å²) >= 11 is 0. The zero-order valence-electron chi connectivity index (χ0n) is 16.6. The summed E-state index contributed by atoms with van der Waals surface area (Å²) in [4.78, 5) is 36.4. The molecule has 0 spiro atoms. The lowest BCUT2D eigenvalue weighted by molar-refractivity contribution is -0.122. The van der Waals surface area contributed by atoms with Gasteiger partial charge in [-0.25, -0.2) is 9.18 Å². The molecule has 0 radical (unpaired) electrons. The van der Waals surface area contributed by atoms with Crippen molar-refractivity contribution < 1.29 is 23.5 Å². The highest BCUT2D eigenvalue weighted by Gasteiger charge is 2.23. The molecule has 2 rings (SSSR count). The number of hydrogen-bond acceptors (Lipinski definition) is 5. The summed E-state index contributed by atoms with van der Waals surface area (Å²) in [5, 5.41) is 8.99. The largest absolute Gasteiger partial charge is 0.444 e. The van der Waals surface area contributed by atoms with Crippen molar-refractivity contribution in [2.24, 2.45) is 0 Å². The Kier molecular flexibility index (Phi) is 6.92. The third-order valence-electron chi connectivity index (χ3n) is 3.61. The smallest absolute Gasteiger partial charge is 0.408 e. The van der Waals surface area contributed by atoms with Crippen LogP contribution in [0, 0.1) is 12.7 Å². The summed E-state index contributed by atoms with van der Waals surface area (Å²) in [7, 11) is 0. The van der Waals surface area contributed by atoms with Crippen molar-refractivity contribution in [2.75, 3.05) is 0 Å². The van der Waals surface area contributed by atoms with E-state index >= 15 is 0 Å². The monoisotopic (exact) mass is 405 g/mol. The van der Waals surface area contributed by atoms with Crippen molar-refractivity contribution in [3.05, 3.63) is 53.1 Å². The number of alkyl carbamates (subject to hydrolysis) is 1. The lowest BCUT2D eigenvalue weighted by Gasteiger charge is -2.23. The highest BCUT2D eigenvalue weighted by molar-refractivity contribution is 5.93. The molecule has 1 unspecified atom stereocenters. The second-order valence-electron chi connectivity index (χ2n) is 7.39. The maximum absolute atomic E-state index is 13.2. The summed E-state index contributed by atoms with van der Waals surface area (Å²) < 4.78 is 18.4. The Hall–Kier alpha value is -3.43. The number of hydrogen-bond donors (Lipinski definition) is 4. The van der Waals surface area contributed by atoms with Crippen LogP contribution in [0.2, 0.25) is 0 Å². The number of halogens is 1. The highest BCUT2D eigenvalue weighted by Crippen LogP contribution is 2.18. The Bertz CT molecular complexity index is 873. The van der Waals surface area contributed by atoms with Crippen molar-refractivity contribution >= 4 is 17.9 Å². The minimum atomic E-state index is -0.796. The molecule has 0 fully saturated rings. The summed E-state index contributed by atoms with van der Waals surface area (Å²) in [5.74, 6) is -1.62. The van der Waals surface area contributed by atoms with E-state index in [9.17, 15) is 18.8 Å². The van der Waals surface area contributed by atoms with Gasteiger partial charge in [0.15, 0.2) is 5.69 Å². The van der Waals surface area contributed by atoms with Gasteiger partial charge in [-0.2, -0.15) is 5.10 Å². The van der Waals surface area contributed by atoms with E-state index in [2.05, 4.69) is 26.4 Å². The van der Waals surface area contributed by atoms with Crippen molar-refractivity contribution in [3.8, 4) is 0 Å². The minimum Gasteiger partial charge on any atom is -0.444 e. The average Bonchev–Trinajstić information content (AvgIpc) is 3.04. The van der Waals surface area contributed by atoms with Gasteiger partial charge in [-0.15, -0.1) is 0 Å². The second-order valence-corrected chi connectivity index (χ2v) is 7.39. The fraction of sp³-hybridized carbons (Fsp3) is 0.368. The number of hydrazine groups is 1. The first-order chi connectivity index (χ1) is 13.5. The summed E-state index contributed by atoms with van der Waals surface area (Å²) in [6.07, 6.45) is -0.944. The molecule has 1 aromatic heterocycles. The van der Waals surface area contributed by atoms with Crippen LogP contribution >= 0.6 is 0 Å². The van der Waals surface area contributed by atoms with E-state index in [0.717, 1.165) is 0 Å². The van der Waals surface area contributed by atoms with Gasteiger partial charge in [-0.1, -0.05) is 12.1 Å². The molecular weight excluding hydrogens is 381 g/mol. The maximum Gasteiger partial charge on any atom is 0.408 e. The number of nitrogens with one attached hydrogen (secondary N) is 4. The standard InChI is InChI=1S/C19H24FN5O4/c1-11-9-15(23-22-11)17(27)25-24-16(26)10-14(12-5-7-13(20)8-6-12)21-18(28)29-19(2,3)4/h5-9,14H,10H2,1-4H3,(H,21,28)(H,22,23)(H,24,26)(H,25,27). The van der Waals surface area contributed by atoms with Gasteiger partial charge >= 0.3 is 6.09 Å². The van der Waals surface area contributed by atoms with Gasteiger partial charge in [0.2, 0.25) is 5.91 Å². The number of carbonyl (C=O) groups is 3. The van der Waals surface area contributed by atoms with Crippen molar-refractivity contribution in [1.29, 1.82) is 0 Å². The summed E-state index contributed by atoms with van der Waals surface area (Å²) in [5.41, 5.74) is 5.09. The molecule has 156 valence electrons. The molecule has 4 N–H and O–H groups in total. The van der Waals surface area contributed by atoms with Gasteiger partial charge in [0, 0.05) is 5.69 Å². The first-order valence-corrected chi connectivity index (χ1v) is 8.89. The lowest BCUT2D eigenvalue weighted by atomic mass is 10.0. The van der Waals surface area contributed by atoms with E-state index in [1.165, 1.54) is 30.3 Å². The molecule has 0 saturated carbocycles. The van der Waals surface area contributed by atoms with Crippen molar-refractivity contribution in [2.45, 2.75) is 45.8 Å². The van der Waals surface area contributed by atoms with E-state index in [0.29, 0.717) is 11.3 Å². The fourth-order valence-corrected chi connectivity index (χ4v) is 2.36. The van der Waals surface area contributed by atoms with E-state index in [-0.39, 0.29) is 12.1 Å². The molecular formula is C19H24FN5O4. The Morgan fingerprint density at radius 2 is 1.83 bits per heavy atom. The molecule has 1 heterocycles. The molecule has 29 heavy (non-hydrogen) atoms. The van der Waals surface area contributed by atoms with E-state index < -0.39 is 35.4 Å². The summed E-state index contributed by atoms with van der Waals surface area (Å²) in [6, 6.07) is 6.07. The van der Waals surface area contributed by atoms with Gasteiger partial charge in [0.05, 0.1) is 12.5 Å². The average molecular weight is 405 g/mol. The second kappa shape index (κ2) is 9.18. The zero-order valence-corrected chi connectivity index (χ0v) is 16.6. The molecule has 1 atom stereocenters. The molecule has 1 aromatic carbocycles. The van der Waals surface area contributed by atoms with E-state index in [1.54, 1.807) is 27.7 Å². The first kappa shape index (κ1) is 21.9. The summed E-state index contributed by atoms with van der Waals surface area (Å²) in [6.45, 7) is 6.85. The van der Waals surface area contributed by atoms with E-state index in [4.69, 9.17) is 4.74 Å². The van der Waals surface area contributed by atoms with Gasteiger partial charge in [0.1, 0.15) is 11.4 Å². The first-order valence-electron chi connectivity index (χ1n) is 8.89. The topological polar surface area (TPSA) is 125 Å². The predicted molar refractivity (Wildman–Crippen MR) is 102 cm³/mol. The van der Waals surface area contributed by atoms with Crippen LogP contribution in [0.1, 0.15) is 55.0 Å². The number of carbonyl (C=O) groups excluding carboxylic acids is 3. The van der Waals surface area contributed by atoms with Crippen molar-refractivity contribution in [3.63, 3.8) is 0 Å². The molecule has 9 nitrogen and oxygen atoms in total.